The van der Waals surface area contributed by atoms with Crippen molar-refractivity contribution < 1.29 is 0 Å². The zero-order valence-electron chi connectivity index (χ0n) is 25.0. The second kappa shape index (κ2) is 14.8. The number of hydrogen-bond donors (Lipinski definition) is 1. The van der Waals surface area contributed by atoms with E-state index in [1.165, 1.54) is 63.4 Å². The summed E-state index contributed by atoms with van der Waals surface area (Å²) in [5.41, 5.74) is 8.12. The van der Waals surface area contributed by atoms with E-state index in [0.717, 1.165) is 31.7 Å². The number of hydrogen-bond acceptors (Lipinski definition) is 2. The predicted molar refractivity (Wildman–Crippen MR) is 168 cm³/mol. The summed E-state index contributed by atoms with van der Waals surface area (Å²) in [5, 5.41) is 6.44. The van der Waals surface area contributed by atoms with E-state index in [2.05, 4.69) is 132 Å². The lowest BCUT2D eigenvalue weighted by molar-refractivity contribution is 0.303. The molecule has 2 aliphatic rings. The van der Waals surface area contributed by atoms with E-state index in [1.54, 1.807) is 0 Å². The number of nitrogens with zero attached hydrogens (tertiary/aromatic N) is 1. The van der Waals surface area contributed by atoms with Gasteiger partial charge in [-0.1, -0.05) is 80.1 Å². The highest BCUT2D eigenvalue weighted by Crippen LogP contribution is 2.39. The van der Waals surface area contributed by atoms with Crippen molar-refractivity contribution in [2.45, 2.75) is 86.1 Å². The topological polar surface area (TPSA) is 15.3 Å². The highest BCUT2D eigenvalue weighted by atomic mass is 15.2. The Labute approximate surface area is 232 Å². The molecule has 1 saturated heterocycles. The summed E-state index contributed by atoms with van der Waals surface area (Å²) in [6.45, 7) is 14.4. The Hall–Kier alpha value is -3.00. The van der Waals surface area contributed by atoms with E-state index in [-0.39, 0.29) is 0 Å². The molecule has 0 aromatic heterocycles. The van der Waals surface area contributed by atoms with Crippen LogP contribution in [0.15, 0.2) is 94.4 Å². The molecule has 1 N–H and O–H groups in total. The van der Waals surface area contributed by atoms with Gasteiger partial charge in [0.1, 0.15) is 0 Å². The fourth-order valence-electron chi connectivity index (χ4n) is 5.27. The van der Waals surface area contributed by atoms with Gasteiger partial charge in [-0.05, 0) is 111 Å². The molecule has 0 amide bonds. The molecule has 1 aromatic carbocycles. The molecule has 1 aliphatic carbocycles. The van der Waals surface area contributed by atoms with Crippen LogP contribution in [0.25, 0.3) is 12.2 Å². The van der Waals surface area contributed by atoms with Crippen molar-refractivity contribution in [3.05, 3.63) is 105 Å². The van der Waals surface area contributed by atoms with Crippen molar-refractivity contribution in [3.8, 4) is 0 Å². The van der Waals surface area contributed by atoms with Crippen LogP contribution in [-0.4, -0.2) is 24.5 Å². The fourth-order valence-corrected chi connectivity index (χ4v) is 5.27. The van der Waals surface area contributed by atoms with Gasteiger partial charge in [-0.25, -0.2) is 0 Å². The first-order valence-corrected chi connectivity index (χ1v) is 14.7. The normalized spacial score (nSPS) is 21.6. The lowest BCUT2D eigenvalue weighted by Crippen LogP contribution is -2.41. The molecule has 1 saturated carbocycles. The SMILES string of the molecule is C\C=C/C(=C\C(=C\CC)C1CC1)C(/C=C1/C(N/C(C)=C/C=c2/cccc/c2=C\CC)CCCN1C)=C(C)C. The van der Waals surface area contributed by atoms with Crippen LogP contribution in [0.3, 0.4) is 0 Å². The molecule has 1 unspecified atom stereocenters. The van der Waals surface area contributed by atoms with Gasteiger partial charge in [-0.15, -0.1) is 0 Å². The number of benzene rings is 1. The molecule has 0 radical (unpaired) electrons. The molecule has 1 aliphatic heterocycles. The molecule has 1 atom stereocenters. The van der Waals surface area contributed by atoms with Crippen molar-refractivity contribution in [2.24, 2.45) is 5.92 Å². The lowest BCUT2D eigenvalue weighted by atomic mass is 9.92. The minimum Gasteiger partial charge on any atom is -0.380 e. The Bertz CT molecular complexity index is 1240. The minimum atomic E-state index is 0.297. The predicted octanol–water partition coefficient (Wildman–Crippen LogP) is 7.71. The molecular formula is C36H50N2. The molecule has 1 heterocycles. The molecule has 204 valence electrons. The monoisotopic (exact) mass is 510 g/mol. The van der Waals surface area contributed by atoms with E-state index < -0.39 is 0 Å². The first-order chi connectivity index (χ1) is 18.4. The van der Waals surface area contributed by atoms with Crippen molar-refractivity contribution in [1.82, 2.24) is 10.2 Å². The number of likely N-dealkylation sites (tertiary alicyclic amines) is 1. The largest absolute Gasteiger partial charge is 0.380 e. The third-order valence-electron chi connectivity index (χ3n) is 7.42. The van der Waals surface area contributed by atoms with Crippen molar-refractivity contribution >= 4 is 12.2 Å². The van der Waals surface area contributed by atoms with Crippen molar-refractivity contribution in [2.75, 3.05) is 13.6 Å². The number of nitrogens with one attached hydrogen (secondary N) is 1. The van der Waals surface area contributed by atoms with E-state index in [1.807, 2.05) is 0 Å². The number of rotatable bonds is 10. The summed E-state index contributed by atoms with van der Waals surface area (Å²) >= 11 is 0. The first-order valence-electron chi connectivity index (χ1n) is 14.7. The van der Waals surface area contributed by atoms with Gasteiger partial charge < -0.3 is 10.2 Å². The van der Waals surface area contributed by atoms with Gasteiger partial charge in [0.05, 0.1) is 6.04 Å². The van der Waals surface area contributed by atoms with Gasteiger partial charge in [0, 0.05) is 25.0 Å². The van der Waals surface area contributed by atoms with Crippen molar-refractivity contribution in [1.29, 1.82) is 0 Å². The zero-order chi connectivity index (χ0) is 27.5. The van der Waals surface area contributed by atoms with Crippen LogP contribution < -0.4 is 15.8 Å². The standard InChI is InChI=1S/C36H50N2/c1-8-14-29-17-11-12-18-30(29)21-20-28(6)37-35-19-13-24-38(7)36(35)26-34(27(4)5)33(16-10-3)25-32(15-9-2)31-22-23-31/h10-12,14-18,20-21,25-26,31,35,37H,8-9,13,19,22-24H2,1-7H3/b16-10-,28-20+,29-14+,30-21-,32-15-,33-25+,36-26-. The number of piperidine rings is 1. The summed E-state index contributed by atoms with van der Waals surface area (Å²) in [6.07, 6.45) is 25.7. The van der Waals surface area contributed by atoms with Crippen molar-refractivity contribution in [3.63, 3.8) is 0 Å². The Kier molecular flexibility index (Phi) is 11.5. The minimum absolute atomic E-state index is 0.297. The van der Waals surface area contributed by atoms with E-state index in [9.17, 15) is 0 Å². The van der Waals surface area contributed by atoms with Gasteiger partial charge in [0.2, 0.25) is 0 Å². The molecular weight excluding hydrogens is 460 g/mol. The zero-order valence-corrected chi connectivity index (χ0v) is 25.0. The average Bonchev–Trinajstić information content (AvgIpc) is 3.73. The van der Waals surface area contributed by atoms with Crippen LogP contribution in [0.1, 0.15) is 80.1 Å². The Morgan fingerprint density at radius 2 is 1.76 bits per heavy atom. The van der Waals surface area contributed by atoms with Gasteiger partial charge in [-0.3, -0.25) is 0 Å². The Balaban J connectivity index is 1.96. The van der Waals surface area contributed by atoms with Gasteiger partial charge in [0.15, 0.2) is 0 Å². The molecule has 1 aromatic rings. The summed E-state index contributed by atoms with van der Waals surface area (Å²) < 4.78 is 0. The van der Waals surface area contributed by atoms with Crippen LogP contribution in [0.2, 0.25) is 0 Å². The van der Waals surface area contributed by atoms with Gasteiger partial charge in [0.25, 0.3) is 0 Å². The maximum absolute atomic E-state index is 3.86. The summed E-state index contributed by atoms with van der Waals surface area (Å²) in [7, 11) is 2.25. The molecule has 2 fully saturated rings. The van der Waals surface area contributed by atoms with E-state index in [0.29, 0.717) is 6.04 Å². The lowest BCUT2D eigenvalue weighted by Gasteiger charge is -2.36. The summed E-state index contributed by atoms with van der Waals surface area (Å²) in [5.74, 6) is 0.747. The second-order valence-corrected chi connectivity index (χ2v) is 11.0. The van der Waals surface area contributed by atoms with Crippen LogP contribution in [0.5, 0.6) is 0 Å². The quantitative estimate of drug-likeness (QED) is 0.324. The molecule has 38 heavy (non-hydrogen) atoms. The summed E-state index contributed by atoms with van der Waals surface area (Å²) in [6, 6.07) is 8.93. The van der Waals surface area contributed by atoms with Crippen LogP contribution in [0.4, 0.5) is 0 Å². The first kappa shape index (κ1) is 29.6. The third kappa shape index (κ3) is 8.51. The van der Waals surface area contributed by atoms with Gasteiger partial charge >= 0.3 is 0 Å². The summed E-state index contributed by atoms with van der Waals surface area (Å²) in [4.78, 5) is 2.45. The van der Waals surface area contributed by atoms with E-state index >= 15 is 0 Å². The molecule has 0 bridgehead atoms. The average molecular weight is 511 g/mol. The number of allylic oxidation sites excluding steroid dienone is 11. The molecule has 0 spiro atoms. The van der Waals surface area contributed by atoms with Gasteiger partial charge in [-0.2, -0.15) is 0 Å². The molecule has 3 rings (SSSR count). The maximum Gasteiger partial charge on any atom is 0.0659 e. The second-order valence-electron chi connectivity index (χ2n) is 11.0. The smallest absolute Gasteiger partial charge is 0.0659 e. The maximum atomic E-state index is 3.86. The Morgan fingerprint density at radius 3 is 2.39 bits per heavy atom. The fraction of sp³-hybridized carbons (Fsp3) is 0.444. The highest BCUT2D eigenvalue weighted by molar-refractivity contribution is 5.53. The van der Waals surface area contributed by atoms with Crippen LogP contribution in [0, 0.1) is 5.92 Å². The van der Waals surface area contributed by atoms with Crippen LogP contribution in [-0.2, 0) is 0 Å². The Morgan fingerprint density at radius 1 is 1.03 bits per heavy atom. The third-order valence-corrected chi connectivity index (χ3v) is 7.42. The molecule has 2 heteroatoms. The molecule has 2 nitrogen and oxygen atoms in total. The highest BCUT2D eigenvalue weighted by Gasteiger charge is 2.26. The number of likely N-dealkylation sites (N-methyl/N-ethyl adjacent to an activating group) is 1. The van der Waals surface area contributed by atoms with E-state index in [4.69, 9.17) is 0 Å². The van der Waals surface area contributed by atoms with Crippen LogP contribution >= 0.6 is 0 Å².